The Morgan fingerprint density at radius 3 is 3.00 bits per heavy atom. The number of amides is 1. The lowest BCUT2D eigenvalue weighted by molar-refractivity contribution is -0.135. The zero-order valence-corrected chi connectivity index (χ0v) is 10.3. The van der Waals surface area contributed by atoms with Gasteiger partial charge in [-0.1, -0.05) is 13.8 Å². The fraction of sp³-hybridized carbons (Fsp3) is 0.909. The van der Waals surface area contributed by atoms with Crippen molar-refractivity contribution in [2.75, 3.05) is 39.3 Å². The molecule has 0 spiro atoms. The summed E-state index contributed by atoms with van der Waals surface area (Å²) in [6.07, 6.45) is 1.10. The molecule has 5 nitrogen and oxygen atoms in total. The third-order valence-corrected chi connectivity index (χ3v) is 2.40. The molecule has 0 radical (unpaired) electrons. The highest BCUT2D eigenvalue weighted by atomic mass is 16.6. The van der Waals surface area contributed by atoms with E-state index in [1.165, 1.54) is 0 Å². The predicted molar refractivity (Wildman–Crippen MR) is 62.9 cm³/mol. The van der Waals surface area contributed by atoms with Gasteiger partial charge in [-0.2, -0.15) is 0 Å². The summed E-state index contributed by atoms with van der Waals surface area (Å²) in [7, 11) is 0. The Morgan fingerprint density at radius 2 is 2.25 bits per heavy atom. The van der Waals surface area contributed by atoms with Gasteiger partial charge in [0.1, 0.15) is 0 Å². The SMILES string of the molecule is CC(C)CONC(=O)CN1CCCNCC1. The molecule has 1 aliphatic rings. The molecule has 16 heavy (non-hydrogen) atoms. The van der Waals surface area contributed by atoms with Gasteiger partial charge in [-0.3, -0.25) is 14.5 Å². The summed E-state index contributed by atoms with van der Waals surface area (Å²) in [6.45, 7) is 9.00. The Bertz CT molecular complexity index is 201. The van der Waals surface area contributed by atoms with Crippen molar-refractivity contribution in [2.45, 2.75) is 20.3 Å². The van der Waals surface area contributed by atoms with Crippen molar-refractivity contribution in [1.29, 1.82) is 0 Å². The zero-order valence-electron chi connectivity index (χ0n) is 10.3. The summed E-state index contributed by atoms with van der Waals surface area (Å²) < 4.78 is 0. The molecule has 0 aromatic carbocycles. The number of rotatable bonds is 5. The minimum Gasteiger partial charge on any atom is -0.315 e. The van der Waals surface area contributed by atoms with Gasteiger partial charge in [-0.25, -0.2) is 5.48 Å². The largest absolute Gasteiger partial charge is 0.315 e. The summed E-state index contributed by atoms with van der Waals surface area (Å²) in [4.78, 5) is 18.7. The summed E-state index contributed by atoms with van der Waals surface area (Å²) in [5, 5.41) is 3.30. The molecular formula is C11H23N3O2. The third kappa shape index (κ3) is 6.05. The molecule has 5 heteroatoms. The van der Waals surface area contributed by atoms with Gasteiger partial charge in [0.25, 0.3) is 5.91 Å². The summed E-state index contributed by atoms with van der Waals surface area (Å²) in [5.41, 5.74) is 2.48. The molecule has 0 bridgehead atoms. The van der Waals surface area contributed by atoms with Crippen LogP contribution in [0.1, 0.15) is 20.3 Å². The molecule has 1 rings (SSSR count). The Kier molecular flexibility index (Phi) is 6.37. The van der Waals surface area contributed by atoms with Crippen LogP contribution in [0.2, 0.25) is 0 Å². The molecule has 0 aromatic rings. The van der Waals surface area contributed by atoms with Gasteiger partial charge in [0.2, 0.25) is 0 Å². The van der Waals surface area contributed by atoms with Crippen LogP contribution in [0.4, 0.5) is 0 Å². The molecule has 1 saturated heterocycles. The van der Waals surface area contributed by atoms with Crippen LogP contribution in [-0.4, -0.2) is 50.1 Å². The molecule has 1 amide bonds. The smallest absolute Gasteiger partial charge is 0.257 e. The lowest BCUT2D eigenvalue weighted by atomic mass is 10.2. The van der Waals surface area contributed by atoms with Crippen LogP contribution in [0.5, 0.6) is 0 Å². The average molecular weight is 229 g/mol. The van der Waals surface area contributed by atoms with Gasteiger partial charge in [0, 0.05) is 13.1 Å². The van der Waals surface area contributed by atoms with Crippen LogP contribution in [0, 0.1) is 5.92 Å². The number of hydrogen-bond acceptors (Lipinski definition) is 4. The van der Waals surface area contributed by atoms with Gasteiger partial charge >= 0.3 is 0 Å². The molecule has 0 unspecified atom stereocenters. The highest BCUT2D eigenvalue weighted by Crippen LogP contribution is 1.95. The summed E-state index contributed by atoms with van der Waals surface area (Å²) in [6, 6.07) is 0. The maximum absolute atomic E-state index is 11.5. The lowest BCUT2D eigenvalue weighted by Gasteiger charge is -2.18. The monoisotopic (exact) mass is 229 g/mol. The van der Waals surface area contributed by atoms with Crippen molar-refractivity contribution < 1.29 is 9.63 Å². The first-order valence-corrected chi connectivity index (χ1v) is 6.02. The highest BCUT2D eigenvalue weighted by molar-refractivity contribution is 5.76. The van der Waals surface area contributed by atoms with E-state index in [1.54, 1.807) is 0 Å². The lowest BCUT2D eigenvalue weighted by Crippen LogP contribution is -2.39. The Balaban J connectivity index is 2.12. The van der Waals surface area contributed by atoms with Crippen molar-refractivity contribution in [3.8, 4) is 0 Å². The van der Waals surface area contributed by atoms with E-state index in [1.807, 2.05) is 13.8 Å². The highest BCUT2D eigenvalue weighted by Gasteiger charge is 2.12. The van der Waals surface area contributed by atoms with Crippen molar-refractivity contribution in [1.82, 2.24) is 15.7 Å². The number of hydroxylamine groups is 1. The summed E-state index contributed by atoms with van der Waals surface area (Å²) >= 11 is 0. The first-order valence-electron chi connectivity index (χ1n) is 6.02. The first kappa shape index (κ1) is 13.4. The van der Waals surface area contributed by atoms with Gasteiger partial charge in [0.15, 0.2) is 0 Å². The topological polar surface area (TPSA) is 53.6 Å². The molecule has 0 saturated carbocycles. The van der Waals surface area contributed by atoms with E-state index in [2.05, 4.69) is 15.7 Å². The fourth-order valence-corrected chi connectivity index (χ4v) is 1.58. The number of carbonyl (C=O) groups is 1. The van der Waals surface area contributed by atoms with Gasteiger partial charge in [-0.05, 0) is 25.4 Å². The fourth-order valence-electron chi connectivity index (χ4n) is 1.58. The minimum atomic E-state index is -0.0532. The van der Waals surface area contributed by atoms with Crippen molar-refractivity contribution in [3.63, 3.8) is 0 Å². The molecule has 2 N–H and O–H groups in total. The van der Waals surface area contributed by atoms with Crippen molar-refractivity contribution >= 4 is 5.91 Å². The molecule has 1 fully saturated rings. The van der Waals surface area contributed by atoms with E-state index in [9.17, 15) is 4.79 Å². The molecule has 1 heterocycles. The molecule has 0 aliphatic carbocycles. The zero-order chi connectivity index (χ0) is 11.8. The van der Waals surface area contributed by atoms with E-state index in [0.717, 1.165) is 32.6 Å². The molecule has 0 aromatic heterocycles. The Hall–Kier alpha value is -0.650. The van der Waals surface area contributed by atoms with Crippen LogP contribution in [-0.2, 0) is 9.63 Å². The quantitative estimate of drug-likeness (QED) is 0.651. The van der Waals surface area contributed by atoms with Gasteiger partial charge in [-0.15, -0.1) is 0 Å². The third-order valence-electron chi connectivity index (χ3n) is 2.40. The van der Waals surface area contributed by atoms with Gasteiger partial charge < -0.3 is 5.32 Å². The van der Waals surface area contributed by atoms with Crippen LogP contribution in [0.25, 0.3) is 0 Å². The second-order valence-electron chi connectivity index (χ2n) is 4.61. The number of nitrogens with one attached hydrogen (secondary N) is 2. The maximum Gasteiger partial charge on any atom is 0.257 e. The summed E-state index contributed by atoms with van der Waals surface area (Å²) in [5.74, 6) is 0.380. The average Bonchev–Trinajstić information content (AvgIpc) is 2.45. The maximum atomic E-state index is 11.5. The van der Waals surface area contributed by atoms with Gasteiger partial charge in [0.05, 0.1) is 13.2 Å². The second kappa shape index (κ2) is 7.60. The van der Waals surface area contributed by atoms with E-state index < -0.39 is 0 Å². The Morgan fingerprint density at radius 1 is 1.44 bits per heavy atom. The van der Waals surface area contributed by atoms with E-state index in [4.69, 9.17) is 4.84 Å². The van der Waals surface area contributed by atoms with E-state index in [0.29, 0.717) is 19.1 Å². The molecule has 0 atom stereocenters. The van der Waals surface area contributed by atoms with Crippen molar-refractivity contribution in [2.24, 2.45) is 5.92 Å². The molecule has 1 aliphatic heterocycles. The predicted octanol–water partition coefficient (Wildman–Crippen LogP) is -0.0145. The second-order valence-corrected chi connectivity index (χ2v) is 4.61. The van der Waals surface area contributed by atoms with Crippen LogP contribution in [0.15, 0.2) is 0 Å². The van der Waals surface area contributed by atoms with E-state index >= 15 is 0 Å². The van der Waals surface area contributed by atoms with Crippen molar-refractivity contribution in [3.05, 3.63) is 0 Å². The standard InChI is InChI=1S/C11H23N3O2/c1-10(2)9-16-13-11(15)8-14-6-3-4-12-5-7-14/h10,12H,3-9H2,1-2H3,(H,13,15). The normalized spacial score (nSPS) is 18.4. The molecule has 94 valence electrons. The molecular weight excluding hydrogens is 206 g/mol. The Labute approximate surface area is 97.5 Å². The van der Waals surface area contributed by atoms with Crippen LogP contribution in [0.3, 0.4) is 0 Å². The first-order chi connectivity index (χ1) is 7.68. The number of nitrogens with zero attached hydrogens (tertiary/aromatic N) is 1. The van der Waals surface area contributed by atoms with Crippen LogP contribution < -0.4 is 10.8 Å². The van der Waals surface area contributed by atoms with Crippen LogP contribution >= 0.6 is 0 Å². The number of carbonyl (C=O) groups excluding carboxylic acids is 1. The number of hydrogen-bond donors (Lipinski definition) is 2. The van der Waals surface area contributed by atoms with E-state index in [-0.39, 0.29) is 5.91 Å². The minimum absolute atomic E-state index is 0.0532.